The Labute approximate surface area is 135 Å². The van der Waals surface area contributed by atoms with Crippen LogP contribution in [-0.4, -0.2) is 12.5 Å². The number of carbonyl (C=O) groups is 1. The molecule has 2 fully saturated rings. The van der Waals surface area contributed by atoms with Crippen LogP contribution in [0.15, 0.2) is 30.4 Å². The molecule has 0 heterocycles. The monoisotopic (exact) mass is 323 g/mol. The Bertz CT molecular complexity index is 584. The Balaban J connectivity index is 1.62. The SMILES string of the molecule is C=C1CC(CNC(=O)c2ccc(Cl)cc2Cl)(CC2CC2)C1. The third-order valence-electron chi connectivity index (χ3n) is 4.47. The average Bonchev–Trinajstić information content (AvgIpc) is 3.18. The van der Waals surface area contributed by atoms with Gasteiger partial charge in [-0.15, -0.1) is 0 Å². The minimum Gasteiger partial charge on any atom is -0.351 e. The van der Waals surface area contributed by atoms with E-state index in [9.17, 15) is 4.79 Å². The molecule has 0 radical (unpaired) electrons. The summed E-state index contributed by atoms with van der Waals surface area (Å²) in [5.74, 6) is 0.735. The maximum Gasteiger partial charge on any atom is 0.252 e. The van der Waals surface area contributed by atoms with Gasteiger partial charge >= 0.3 is 0 Å². The molecule has 21 heavy (non-hydrogen) atoms. The van der Waals surface area contributed by atoms with Crippen LogP contribution in [0.5, 0.6) is 0 Å². The van der Waals surface area contributed by atoms with Gasteiger partial charge in [0.05, 0.1) is 10.6 Å². The summed E-state index contributed by atoms with van der Waals surface area (Å²) in [6.07, 6.45) is 5.97. The van der Waals surface area contributed by atoms with Gasteiger partial charge in [-0.3, -0.25) is 4.79 Å². The molecule has 1 N–H and O–H groups in total. The summed E-state index contributed by atoms with van der Waals surface area (Å²) in [7, 11) is 0. The van der Waals surface area contributed by atoms with E-state index in [0.29, 0.717) is 22.2 Å². The van der Waals surface area contributed by atoms with Crippen LogP contribution in [0.25, 0.3) is 0 Å². The van der Waals surface area contributed by atoms with Gasteiger partial charge in [-0.25, -0.2) is 0 Å². The molecule has 1 aromatic carbocycles. The molecule has 0 aliphatic heterocycles. The Morgan fingerprint density at radius 3 is 2.62 bits per heavy atom. The molecule has 0 spiro atoms. The second-order valence-corrected chi connectivity index (χ2v) is 7.40. The van der Waals surface area contributed by atoms with E-state index in [1.165, 1.54) is 24.8 Å². The third kappa shape index (κ3) is 3.44. The highest BCUT2D eigenvalue weighted by atomic mass is 35.5. The van der Waals surface area contributed by atoms with E-state index in [0.717, 1.165) is 18.8 Å². The number of hydrogen-bond donors (Lipinski definition) is 1. The summed E-state index contributed by atoms with van der Waals surface area (Å²) in [5, 5.41) is 3.98. The van der Waals surface area contributed by atoms with Crippen molar-refractivity contribution < 1.29 is 4.79 Å². The van der Waals surface area contributed by atoms with E-state index >= 15 is 0 Å². The molecule has 0 aromatic heterocycles. The van der Waals surface area contributed by atoms with Gasteiger partial charge in [0.2, 0.25) is 0 Å². The van der Waals surface area contributed by atoms with Crippen LogP contribution in [0, 0.1) is 11.3 Å². The van der Waals surface area contributed by atoms with Crippen molar-refractivity contribution in [1.82, 2.24) is 5.32 Å². The van der Waals surface area contributed by atoms with Crippen molar-refractivity contribution in [2.75, 3.05) is 6.54 Å². The van der Waals surface area contributed by atoms with Gasteiger partial charge < -0.3 is 5.32 Å². The number of rotatable bonds is 5. The summed E-state index contributed by atoms with van der Waals surface area (Å²) < 4.78 is 0. The van der Waals surface area contributed by atoms with E-state index in [-0.39, 0.29) is 11.3 Å². The Kier molecular flexibility index (Phi) is 4.02. The minimum absolute atomic E-state index is 0.121. The number of allylic oxidation sites excluding steroid dienone is 1. The van der Waals surface area contributed by atoms with Crippen LogP contribution < -0.4 is 5.32 Å². The number of nitrogens with one attached hydrogen (secondary N) is 1. The quantitative estimate of drug-likeness (QED) is 0.770. The lowest BCUT2D eigenvalue weighted by atomic mass is 9.63. The van der Waals surface area contributed by atoms with Crippen LogP contribution in [-0.2, 0) is 0 Å². The summed E-state index contributed by atoms with van der Waals surface area (Å²) in [6, 6.07) is 4.96. The molecule has 1 aromatic rings. The first-order valence-electron chi connectivity index (χ1n) is 7.37. The van der Waals surface area contributed by atoms with Crippen molar-refractivity contribution in [2.24, 2.45) is 11.3 Å². The van der Waals surface area contributed by atoms with Gasteiger partial charge in [0, 0.05) is 11.6 Å². The van der Waals surface area contributed by atoms with E-state index < -0.39 is 0 Å². The van der Waals surface area contributed by atoms with Crippen molar-refractivity contribution in [1.29, 1.82) is 0 Å². The summed E-state index contributed by atoms with van der Waals surface area (Å²) in [4.78, 5) is 12.3. The van der Waals surface area contributed by atoms with E-state index in [2.05, 4.69) is 11.9 Å². The predicted molar refractivity (Wildman–Crippen MR) is 86.9 cm³/mol. The molecule has 2 aliphatic rings. The smallest absolute Gasteiger partial charge is 0.252 e. The molecule has 0 bridgehead atoms. The van der Waals surface area contributed by atoms with Crippen molar-refractivity contribution in [3.8, 4) is 0 Å². The second-order valence-electron chi connectivity index (χ2n) is 6.56. The van der Waals surface area contributed by atoms with Crippen LogP contribution in [0.1, 0.15) is 42.5 Å². The fraction of sp³-hybridized carbons (Fsp3) is 0.471. The van der Waals surface area contributed by atoms with Gasteiger partial charge in [0.25, 0.3) is 5.91 Å². The first-order chi connectivity index (χ1) is 9.97. The topological polar surface area (TPSA) is 29.1 Å². The van der Waals surface area contributed by atoms with Gasteiger partial charge in [0.15, 0.2) is 0 Å². The number of benzene rings is 1. The summed E-state index contributed by atoms with van der Waals surface area (Å²) in [6.45, 7) is 4.75. The molecule has 1 amide bonds. The van der Waals surface area contributed by atoms with Crippen LogP contribution in [0.4, 0.5) is 0 Å². The highest BCUT2D eigenvalue weighted by Crippen LogP contribution is 2.52. The lowest BCUT2D eigenvalue weighted by Gasteiger charge is -2.44. The van der Waals surface area contributed by atoms with Crippen molar-refractivity contribution >= 4 is 29.1 Å². The Morgan fingerprint density at radius 2 is 2.05 bits per heavy atom. The van der Waals surface area contributed by atoms with E-state index in [1.807, 2.05) is 0 Å². The number of hydrogen-bond acceptors (Lipinski definition) is 1. The molecule has 2 aliphatic carbocycles. The Morgan fingerprint density at radius 1 is 1.33 bits per heavy atom. The minimum atomic E-state index is -0.121. The third-order valence-corrected chi connectivity index (χ3v) is 5.02. The zero-order valence-corrected chi connectivity index (χ0v) is 13.4. The largest absolute Gasteiger partial charge is 0.351 e. The number of halogens is 2. The standard InChI is InChI=1S/C17H19Cl2NO/c1-11-7-17(8-11,9-12-2-3-12)10-20-16(21)14-5-4-13(18)6-15(14)19/h4-6,12H,1-3,7-10H2,(H,20,21). The summed E-state index contributed by atoms with van der Waals surface area (Å²) >= 11 is 11.9. The van der Waals surface area contributed by atoms with Gasteiger partial charge in [-0.1, -0.05) is 48.2 Å². The normalized spacial score (nSPS) is 20.0. The molecule has 3 rings (SSSR count). The molecule has 2 saturated carbocycles. The van der Waals surface area contributed by atoms with Crippen molar-refractivity contribution in [3.63, 3.8) is 0 Å². The summed E-state index contributed by atoms with van der Waals surface area (Å²) in [5.41, 5.74) is 2.02. The fourth-order valence-corrected chi connectivity index (χ4v) is 3.82. The molecule has 0 saturated heterocycles. The number of amides is 1. The maximum atomic E-state index is 12.3. The molecular weight excluding hydrogens is 305 g/mol. The van der Waals surface area contributed by atoms with Crippen LogP contribution >= 0.6 is 23.2 Å². The zero-order chi connectivity index (χ0) is 15.0. The molecule has 0 atom stereocenters. The lowest BCUT2D eigenvalue weighted by molar-refractivity contribution is 0.0898. The maximum absolute atomic E-state index is 12.3. The van der Waals surface area contributed by atoms with Crippen molar-refractivity contribution in [3.05, 3.63) is 46.0 Å². The molecule has 0 unspecified atom stereocenters. The van der Waals surface area contributed by atoms with Gasteiger partial charge in [0.1, 0.15) is 0 Å². The second kappa shape index (κ2) is 5.66. The van der Waals surface area contributed by atoms with Gasteiger partial charge in [-0.2, -0.15) is 0 Å². The van der Waals surface area contributed by atoms with Crippen LogP contribution in [0.2, 0.25) is 10.0 Å². The van der Waals surface area contributed by atoms with E-state index in [1.54, 1.807) is 18.2 Å². The Hall–Kier alpha value is -0.990. The molecule has 2 nitrogen and oxygen atoms in total. The molecule has 4 heteroatoms. The fourth-order valence-electron chi connectivity index (χ4n) is 3.32. The molecular formula is C17H19Cl2NO. The zero-order valence-electron chi connectivity index (χ0n) is 11.9. The highest BCUT2D eigenvalue weighted by Gasteiger charge is 2.43. The predicted octanol–water partition coefficient (Wildman–Crippen LogP) is 4.86. The lowest BCUT2D eigenvalue weighted by Crippen LogP contribution is -2.43. The van der Waals surface area contributed by atoms with Gasteiger partial charge in [-0.05, 0) is 48.8 Å². The first-order valence-corrected chi connectivity index (χ1v) is 8.13. The first kappa shape index (κ1) is 14.9. The molecule has 112 valence electrons. The highest BCUT2D eigenvalue weighted by molar-refractivity contribution is 6.36. The van der Waals surface area contributed by atoms with Crippen LogP contribution in [0.3, 0.4) is 0 Å². The number of carbonyl (C=O) groups excluding carboxylic acids is 1. The van der Waals surface area contributed by atoms with Crippen molar-refractivity contribution in [2.45, 2.75) is 32.1 Å². The average molecular weight is 324 g/mol. The van der Waals surface area contributed by atoms with E-state index in [4.69, 9.17) is 23.2 Å².